The Labute approximate surface area is 110 Å². The molecule has 5 heteroatoms. The predicted octanol–water partition coefficient (Wildman–Crippen LogP) is 4.75. The van der Waals surface area contributed by atoms with Gasteiger partial charge in [0.05, 0.1) is 17.0 Å². The molecule has 0 aliphatic carbocycles. The van der Waals surface area contributed by atoms with E-state index in [-0.39, 0.29) is 11.1 Å². The van der Waals surface area contributed by atoms with Gasteiger partial charge >= 0.3 is 0 Å². The molecular weight excluding hydrogens is 244 g/mol. The zero-order chi connectivity index (χ0) is 14.1. The maximum atomic E-state index is 6.32. The minimum atomic E-state index is -1.98. The van der Waals surface area contributed by atoms with Crippen molar-refractivity contribution in [2.45, 2.75) is 78.8 Å². The number of rotatable bonds is 4. The lowest BCUT2D eigenvalue weighted by Crippen LogP contribution is -2.48. The summed E-state index contributed by atoms with van der Waals surface area (Å²) < 4.78 is 6.32. The van der Waals surface area contributed by atoms with Gasteiger partial charge in [-0.3, -0.25) is 0 Å². The van der Waals surface area contributed by atoms with Gasteiger partial charge in [-0.05, 0) is 0 Å². The van der Waals surface area contributed by atoms with Gasteiger partial charge in [-0.2, -0.15) is 0 Å². The summed E-state index contributed by atoms with van der Waals surface area (Å²) in [5, 5.41) is 0. The average molecular weight is 275 g/mol. The van der Waals surface area contributed by atoms with E-state index >= 15 is 0 Å². The Kier molecular flexibility index (Phi) is 5.22. The van der Waals surface area contributed by atoms with Crippen LogP contribution < -0.4 is 0 Å². The quantitative estimate of drug-likeness (QED) is 0.682. The largest absolute Gasteiger partial charge is 0.638 e. The van der Waals surface area contributed by atoms with Gasteiger partial charge in [-0.25, -0.2) is 0 Å². The third-order valence-electron chi connectivity index (χ3n) is 1.71. The first-order valence-electron chi connectivity index (χ1n) is 6.30. The molecule has 104 valence electrons. The van der Waals surface area contributed by atoms with Crippen molar-refractivity contribution < 1.29 is 4.12 Å². The summed E-state index contributed by atoms with van der Waals surface area (Å²) in [6.45, 7) is 21.4. The summed E-state index contributed by atoms with van der Waals surface area (Å²) in [7, 11) is -3.96. The standard InChI is InChI=1S/C12H30N2OSi2/c1-11(2,3)13-16(7,8)15-17(9,10)14-12(4,5)6/h1-10H3/q-2. The molecule has 0 radical (unpaired) electrons. The summed E-state index contributed by atoms with van der Waals surface area (Å²) in [6.07, 6.45) is 0. The molecule has 0 saturated heterocycles. The second-order valence-electron chi connectivity index (χ2n) is 7.56. The molecule has 0 fully saturated rings. The van der Waals surface area contributed by atoms with E-state index in [0.29, 0.717) is 0 Å². The average Bonchev–Trinajstić information content (AvgIpc) is 1.65. The topological polar surface area (TPSA) is 37.4 Å². The van der Waals surface area contributed by atoms with Crippen LogP contribution in [0.15, 0.2) is 0 Å². The zero-order valence-corrected chi connectivity index (χ0v) is 15.3. The number of hydrogen-bond donors (Lipinski definition) is 0. The summed E-state index contributed by atoms with van der Waals surface area (Å²) in [6, 6.07) is 0. The van der Waals surface area contributed by atoms with Crippen molar-refractivity contribution >= 4 is 17.0 Å². The van der Waals surface area contributed by atoms with Gasteiger partial charge in [0.2, 0.25) is 0 Å². The Morgan fingerprint density at radius 3 is 1.06 bits per heavy atom. The summed E-state index contributed by atoms with van der Waals surface area (Å²) >= 11 is 0. The van der Waals surface area contributed by atoms with E-state index in [2.05, 4.69) is 67.7 Å². The predicted molar refractivity (Wildman–Crippen MR) is 82.3 cm³/mol. The highest BCUT2D eigenvalue weighted by Gasteiger charge is 2.22. The molecule has 0 N–H and O–H groups in total. The van der Waals surface area contributed by atoms with Crippen molar-refractivity contribution in [3.8, 4) is 0 Å². The van der Waals surface area contributed by atoms with E-state index in [1.54, 1.807) is 0 Å². The molecule has 0 spiro atoms. The first-order chi connectivity index (χ1) is 7.12. The number of hydrogen-bond acceptors (Lipinski definition) is 1. The van der Waals surface area contributed by atoms with E-state index in [1.807, 2.05) is 0 Å². The second-order valence-corrected chi connectivity index (χ2v) is 14.6. The lowest BCUT2D eigenvalue weighted by Gasteiger charge is -2.57. The highest BCUT2D eigenvalue weighted by atomic mass is 28.4. The van der Waals surface area contributed by atoms with E-state index in [9.17, 15) is 0 Å². The van der Waals surface area contributed by atoms with E-state index < -0.39 is 17.0 Å². The van der Waals surface area contributed by atoms with Crippen molar-refractivity contribution in [1.82, 2.24) is 0 Å². The third-order valence-corrected chi connectivity index (χ3v) is 8.12. The molecule has 0 saturated carbocycles. The molecule has 0 atom stereocenters. The molecule has 0 aliphatic rings. The van der Waals surface area contributed by atoms with Crippen LogP contribution in [0.3, 0.4) is 0 Å². The molecule has 0 aromatic heterocycles. The van der Waals surface area contributed by atoms with Crippen LogP contribution in [0.2, 0.25) is 26.2 Å². The maximum Gasteiger partial charge on any atom is 0.0596 e. The minimum absolute atomic E-state index is 0.0259. The molecule has 0 aromatic carbocycles. The van der Waals surface area contributed by atoms with Crippen molar-refractivity contribution in [3.63, 3.8) is 0 Å². The van der Waals surface area contributed by atoms with Crippen LogP contribution in [0.1, 0.15) is 41.5 Å². The fourth-order valence-electron chi connectivity index (χ4n) is 2.27. The Bertz CT molecular complexity index is 226. The molecule has 0 amide bonds. The molecule has 0 rings (SSSR count). The Balaban J connectivity index is 4.59. The third kappa shape index (κ3) is 9.97. The molecule has 0 aliphatic heterocycles. The Morgan fingerprint density at radius 1 is 0.647 bits per heavy atom. The van der Waals surface area contributed by atoms with Gasteiger partial charge in [0, 0.05) is 0 Å². The lowest BCUT2D eigenvalue weighted by atomic mass is 10.1. The highest BCUT2D eigenvalue weighted by Crippen LogP contribution is 2.32. The monoisotopic (exact) mass is 274 g/mol. The van der Waals surface area contributed by atoms with Crippen LogP contribution in [0.5, 0.6) is 0 Å². The molecular formula is C12H30N2OSi2-2. The first-order valence-corrected chi connectivity index (χ1v) is 12.0. The summed E-state index contributed by atoms with van der Waals surface area (Å²) in [4.78, 5) is 9.70. The zero-order valence-electron chi connectivity index (χ0n) is 13.3. The fraction of sp³-hybridized carbons (Fsp3) is 1.00. The van der Waals surface area contributed by atoms with Crippen LogP contribution >= 0.6 is 0 Å². The molecule has 17 heavy (non-hydrogen) atoms. The van der Waals surface area contributed by atoms with Crippen LogP contribution in [0.25, 0.3) is 9.96 Å². The maximum absolute atomic E-state index is 6.32. The molecule has 0 aromatic rings. The van der Waals surface area contributed by atoms with Crippen LogP contribution in [0, 0.1) is 0 Å². The molecule has 3 nitrogen and oxygen atoms in total. The lowest BCUT2D eigenvalue weighted by molar-refractivity contribution is 0.528. The normalized spacial score (nSPS) is 15.2. The van der Waals surface area contributed by atoms with Gasteiger partial charge in [-0.15, -0.1) is 11.1 Å². The van der Waals surface area contributed by atoms with E-state index in [1.165, 1.54) is 0 Å². The van der Waals surface area contributed by atoms with E-state index in [4.69, 9.17) is 14.1 Å². The van der Waals surface area contributed by atoms with E-state index in [0.717, 1.165) is 0 Å². The highest BCUT2D eigenvalue weighted by molar-refractivity contribution is 6.89. The molecule has 0 unspecified atom stereocenters. The SMILES string of the molecule is CC(C)(C)[N-][Si](C)(C)O[Si](C)(C)[N-]C(C)(C)C. The minimum Gasteiger partial charge on any atom is -0.638 e. The van der Waals surface area contributed by atoms with Crippen molar-refractivity contribution in [3.05, 3.63) is 9.96 Å². The van der Waals surface area contributed by atoms with Crippen molar-refractivity contribution in [2.75, 3.05) is 0 Å². The summed E-state index contributed by atoms with van der Waals surface area (Å²) in [5.74, 6) is 0. The first kappa shape index (κ1) is 17.3. The fourth-order valence-corrected chi connectivity index (χ4v) is 10.8. The second kappa shape index (κ2) is 5.13. The summed E-state index contributed by atoms with van der Waals surface area (Å²) in [5.41, 5.74) is -0.0517. The van der Waals surface area contributed by atoms with Gasteiger partial charge in [0.15, 0.2) is 0 Å². The Hall–Kier alpha value is 0.314. The smallest absolute Gasteiger partial charge is 0.0596 e. The van der Waals surface area contributed by atoms with Crippen LogP contribution in [0.4, 0.5) is 0 Å². The van der Waals surface area contributed by atoms with Gasteiger partial charge in [-0.1, -0.05) is 67.7 Å². The van der Waals surface area contributed by atoms with Gasteiger partial charge < -0.3 is 14.1 Å². The van der Waals surface area contributed by atoms with Crippen LogP contribution in [-0.2, 0) is 4.12 Å². The Morgan fingerprint density at radius 2 is 0.882 bits per heavy atom. The molecule has 0 heterocycles. The van der Waals surface area contributed by atoms with Crippen molar-refractivity contribution in [1.29, 1.82) is 0 Å². The molecule has 0 bridgehead atoms. The van der Waals surface area contributed by atoms with Gasteiger partial charge in [0.1, 0.15) is 0 Å². The van der Waals surface area contributed by atoms with Crippen molar-refractivity contribution in [2.24, 2.45) is 0 Å². The van der Waals surface area contributed by atoms with Gasteiger partial charge in [0.25, 0.3) is 0 Å². The number of nitrogens with zero attached hydrogens (tertiary/aromatic N) is 2. The van der Waals surface area contributed by atoms with Crippen LogP contribution in [-0.4, -0.2) is 28.0 Å².